The Balaban J connectivity index is 2.37. The van der Waals surface area contributed by atoms with Crippen molar-refractivity contribution in [2.24, 2.45) is 0 Å². The molecule has 2 rings (SSSR count). The fourth-order valence-electron chi connectivity index (χ4n) is 1.52. The third-order valence-corrected chi connectivity index (χ3v) is 2.60. The van der Waals surface area contributed by atoms with Crippen LogP contribution >= 0.6 is 11.6 Å². The second-order valence-corrected chi connectivity index (χ2v) is 4.02. The molecule has 0 aliphatic heterocycles. The molecule has 0 amide bonds. The van der Waals surface area contributed by atoms with Gasteiger partial charge in [-0.1, -0.05) is 16.8 Å². The Morgan fingerprint density at radius 2 is 2.26 bits per heavy atom. The van der Waals surface area contributed by atoms with Crippen molar-refractivity contribution >= 4 is 17.6 Å². The molecular weight excluding hydrogens is 270 g/mol. The molecule has 0 atom stereocenters. The van der Waals surface area contributed by atoms with E-state index >= 15 is 0 Å². The van der Waals surface area contributed by atoms with Crippen molar-refractivity contribution < 1.29 is 14.3 Å². The minimum Gasteiger partial charge on any atom is -0.494 e. The largest absolute Gasteiger partial charge is 0.494 e. The molecule has 6 nitrogen and oxygen atoms in total. The summed E-state index contributed by atoms with van der Waals surface area (Å²) in [5.74, 6) is 0.0550. The summed E-state index contributed by atoms with van der Waals surface area (Å²) in [7, 11) is 1.54. The van der Waals surface area contributed by atoms with E-state index in [2.05, 4.69) is 10.3 Å². The van der Waals surface area contributed by atoms with Gasteiger partial charge in [0.1, 0.15) is 11.4 Å². The second kappa shape index (κ2) is 5.71. The predicted molar refractivity (Wildman–Crippen MR) is 68.9 cm³/mol. The first-order chi connectivity index (χ1) is 9.15. The van der Waals surface area contributed by atoms with Crippen molar-refractivity contribution in [3.63, 3.8) is 0 Å². The number of esters is 1. The molecule has 100 valence electrons. The fraction of sp³-hybridized carbons (Fsp3) is 0.250. The number of ether oxygens (including phenoxy) is 2. The summed E-state index contributed by atoms with van der Waals surface area (Å²) >= 11 is 5.93. The van der Waals surface area contributed by atoms with Crippen LogP contribution in [0.5, 0.6) is 5.75 Å². The van der Waals surface area contributed by atoms with Gasteiger partial charge < -0.3 is 9.47 Å². The standard InChI is InChI=1S/C12H12ClN3O3/c1-3-19-12(17)9-7-16(15-14-9)10-6-8(13)4-5-11(10)18-2/h4-7H,3H2,1-2H3. The Morgan fingerprint density at radius 1 is 1.47 bits per heavy atom. The summed E-state index contributed by atoms with van der Waals surface area (Å²) < 4.78 is 11.5. The molecule has 0 radical (unpaired) electrons. The molecule has 1 heterocycles. The van der Waals surface area contributed by atoms with Crippen LogP contribution in [-0.4, -0.2) is 34.7 Å². The molecular formula is C12H12ClN3O3. The maximum absolute atomic E-state index is 11.5. The lowest BCUT2D eigenvalue weighted by Gasteiger charge is -2.07. The highest BCUT2D eigenvalue weighted by molar-refractivity contribution is 6.30. The second-order valence-electron chi connectivity index (χ2n) is 3.58. The lowest BCUT2D eigenvalue weighted by atomic mass is 10.3. The summed E-state index contributed by atoms with van der Waals surface area (Å²) in [6, 6.07) is 5.08. The minimum absolute atomic E-state index is 0.129. The number of nitrogens with zero attached hydrogens (tertiary/aromatic N) is 3. The number of aromatic nitrogens is 3. The van der Waals surface area contributed by atoms with Crippen LogP contribution in [0.2, 0.25) is 5.02 Å². The van der Waals surface area contributed by atoms with E-state index in [1.165, 1.54) is 18.0 Å². The summed E-state index contributed by atoms with van der Waals surface area (Å²) in [5, 5.41) is 8.15. The predicted octanol–water partition coefficient (Wildman–Crippen LogP) is 2.11. The average Bonchev–Trinajstić information content (AvgIpc) is 2.88. The zero-order chi connectivity index (χ0) is 13.8. The Kier molecular flexibility index (Phi) is 4.01. The van der Waals surface area contributed by atoms with Crippen molar-refractivity contribution in [1.29, 1.82) is 0 Å². The Hall–Kier alpha value is -2.08. The van der Waals surface area contributed by atoms with Crippen LogP contribution in [-0.2, 0) is 4.74 Å². The molecule has 0 N–H and O–H groups in total. The zero-order valence-corrected chi connectivity index (χ0v) is 11.2. The maximum Gasteiger partial charge on any atom is 0.360 e. The Morgan fingerprint density at radius 3 is 2.95 bits per heavy atom. The van der Waals surface area contributed by atoms with Gasteiger partial charge in [0.05, 0.1) is 19.9 Å². The van der Waals surface area contributed by atoms with E-state index in [-0.39, 0.29) is 12.3 Å². The number of carbonyl (C=O) groups excluding carboxylic acids is 1. The van der Waals surface area contributed by atoms with Crippen LogP contribution in [0.3, 0.4) is 0 Å². The summed E-state index contributed by atoms with van der Waals surface area (Å²) in [4.78, 5) is 11.5. The van der Waals surface area contributed by atoms with E-state index < -0.39 is 5.97 Å². The molecule has 0 bridgehead atoms. The molecule has 0 aliphatic carbocycles. The molecule has 0 unspecified atom stereocenters. The van der Waals surface area contributed by atoms with E-state index in [1.807, 2.05) is 0 Å². The Labute approximate surface area is 114 Å². The first-order valence-corrected chi connectivity index (χ1v) is 5.97. The van der Waals surface area contributed by atoms with Crippen molar-refractivity contribution in [1.82, 2.24) is 15.0 Å². The van der Waals surface area contributed by atoms with Gasteiger partial charge in [0.2, 0.25) is 0 Å². The number of methoxy groups -OCH3 is 1. The average molecular weight is 282 g/mol. The van der Waals surface area contributed by atoms with Crippen LogP contribution in [0.25, 0.3) is 5.69 Å². The van der Waals surface area contributed by atoms with Crippen molar-refractivity contribution in [2.45, 2.75) is 6.92 Å². The smallest absolute Gasteiger partial charge is 0.360 e. The zero-order valence-electron chi connectivity index (χ0n) is 10.5. The van der Waals surface area contributed by atoms with Gasteiger partial charge >= 0.3 is 5.97 Å². The van der Waals surface area contributed by atoms with Crippen molar-refractivity contribution in [2.75, 3.05) is 13.7 Å². The van der Waals surface area contributed by atoms with Gasteiger partial charge in [0, 0.05) is 5.02 Å². The molecule has 1 aromatic carbocycles. The molecule has 0 saturated carbocycles. The molecule has 0 spiro atoms. The van der Waals surface area contributed by atoms with Crippen LogP contribution < -0.4 is 4.74 Å². The molecule has 7 heteroatoms. The lowest BCUT2D eigenvalue weighted by Crippen LogP contribution is -2.04. The fourth-order valence-corrected chi connectivity index (χ4v) is 1.69. The third kappa shape index (κ3) is 2.85. The van der Waals surface area contributed by atoms with E-state index in [0.29, 0.717) is 16.5 Å². The first kappa shape index (κ1) is 13.4. The minimum atomic E-state index is -0.519. The lowest BCUT2D eigenvalue weighted by molar-refractivity contribution is 0.0519. The molecule has 2 aromatic rings. The van der Waals surface area contributed by atoms with Crippen LogP contribution in [0.4, 0.5) is 0 Å². The molecule has 0 saturated heterocycles. The maximum atomic E-state index is 11.5. The highest BCUT2D eigenvalue weighted by atomic mass is 35.5. The van der Waals surface area contributed by atoms with Crippen molar-refractivity contribution in [3.05, 3.63) is 35.1 Å². The van der Waals surface area contributed by atoms with Gasteiger partial charge in [-0.3, -0.25) is 0 Å². The third-order valence-electron chi connectivity index (χ3n) is 2.37. The molecule has 0 aliphatic rings. The van der Waals surface area contributed by atoms with Gasteiger partial charge in [-0.2, -0.15) is 0 Å². The molecule has 1 aromatic heterocycles. The van der Waals surface area contributed by atoms with Crippen LogP contribution in [0, 0.1) is 0 Å². The number of rotatable bonds is 4. The van der Waals surface area contributed by atoms with E-state index in [4.69, 9.17) is 21.1 Å². The SMILES string of the molecule is CCOC(=O)c1cn(-c2cc(Cl)ccc2OC)nn1. The van der Waals surface area contributed by atoms with Crippen LogP contribution in [0.15, 0.2) is 24.4 Å². The molecule has 0 fully saturated rings. The normalized spacial score (nSPS) is 10.3. The number of benzene rings is 1. The van der Waals surface area contributed by atoms with Crippen LogP contribution in [0.1, 0.15) is 17.4 Å². The summed E-state index contributed by atoms with van der Waals surface area (Å²) in [6.07, 6.45) is 1.46. The quantitative estimate of drug-likeness (QED) is 0.803. The number of halogens is 1. The monoisotopic (exact) mass is 281 g/mol. The highest BCUT2D eigenvalue weighted by Gasteiger charge is 2.14. The van der Waals surface area contributed by atoms with E-state index in [1.54, 1.807) is 25.1 Å². The highest BCUT2D eigenvalue weighted by Crippen LogP contribution is 2.25. The number of hydrogen-bond acceptors (Lipinski definition) is 5. The summed E-state index contributed by atoms with van der Waals surface area (Å²) in [6.45, 7) is 2.01. The van der Waals surface area contributed by atoms with Gasteiger partial charge in [-0.15, -0.1) is 5.10 Å². The first-order valence-electron chi connectivity index (χ1n) is 5.59. The topological polar surface area (TPSA) is 66.2 Å². The summed E-state index contributed by atoms with van der Waals surface area (Å²) in [5.41, 5.74) is 0.724. The Bertz CT molecular complexity index is 598. The van der Waals surface area contributed by atoms with Crippen molar-refractivity contribution in [3.8, 4) is 11.4 Å². The van der Waals surface area contributed by atoms with E-state index in [0.717, 1.165) is 0 Å². The van der Waals surface area contributed by atoms with Gasteiger partial charge in [-0.25, -0.2) is 9.48 Å². The number of hydrogen-bond donors (Lipinski definition) is 0. The molecule has 19 heavy (non-hydrogen) atoms. The van der Waals surface area contributed by atoms with Gasteiger partial charge in [-0.05, 0) is 25.1 Å². The van der Waals surface area contributed by atoms with Gasteiger partial charge in [0.15, 0.2) is 5.69 Å². The van der Waals surface area contributed by atoms with E-state index in [9.17, 15) is 4.79 Å². The van der Waals surface area contributed by atoms with Gasteiger partial charge in [0.25, 0.3) is 0 Å². The number of carbonyl (C=O) groups is 1.